The van der Waals surface area contributed by atoms with E-state index in [1.807, 2.05) is 57.1 Å². The minimum absolute atomic E-state index is 0.259. The molecule has 1 unspecified atom stereocenters. The van der Waals surface area contributed by atoms with Crippen LogP contribution in [0.5, 0.6) is 0 Å². The number of pyridine rings is 1. The number of aromatic amines is 1. The maximum Gasteiger partial charge on any atom is 0.411 e. The SMILES string of the molecule is CN(C)CC(OC(=O)N1Cc2c(NC(=O)c3ccccc3)n[nH]c2C1(C)C)c1ccccn1. The summed E-state index contributed by atoms with van der Waals surface area (Å²) in [5, 5.41) is 10.1. The summed E-state index contributed by atoms with van der Waals surface area (Å²) < 4.78 is 5.92. The van der Waals surface area contributed by atoms with E-state index in [0.717, 1.165) is 11.3 Å². The molecule has 2 N–H and O–H groups in total. The molecule has 4 rings (SSSR count). The van der Waals surface area contributed by atoms with Crippen LogP contribution in [0.2, 0.25) is 0 Å². The number of carbonyl (C=O) groups excluding carboxylic acids is 2. The molecule has 1 aliphatic heterocycles. The fraction of sp³-hybridized carbons (Fsp3) is 0.333. The van der Waals surface area contributed by atoms with E-state index in [1.165, 1.54) is 0 Å². The molecule has 9 nitrogen and oxygen atoms in total. The van der Waals surface area contributed by atoms with Crippen LogP contribution in [-0.2, 0) is 16.8 Å². The molecule has 1 aromatic carbocycles. The van der Waals surface area contributed by atoms with Crippen LogP contribution >= 0.6 is 0 Å². The Balaban J connectivity index is 1.52. The van der Waals surface area contributed by atoms with E-state index in [0.29, 0.717) is 23.6 Å². The van der Waals surface area contributed by atoms with Crippen LogP contribution in [0.15, 0.2) is 54.7 Å². The average molecular weight is 449 g/mol. The van der Waals surface area contributed by atoms with Crippen molar-refractivity contribution in [1.29, 1.82) is 0 Å². The molecule has 3 heterocycles. The summed E-state index contributed by atoms with van der Waals surface area (Å²) in [7, 11) is 3.84. The Morgan fingerprint density at radius 3 is 2.58 bits per heavy atom. The minimum Gasteiger partial charge on any atom is -0.438 e. The zero-order valence-electron chi connectivity index (χ0n) is 19.2. The first-order chi connectivity index (χ1) is 15.8. The van der Waals surface area contributed by atoms with Gasteiger partial charge in [0.2, 0.25) is 0 Å². The number of hydrogen-bond donors (Lipinski definition) is 2. The Morgan fingerprint density at radius 1 is 1.18 bits per heavy atom. The maximum absolute atomic E-state index is 13.3. The van der Waals surface area contributed by atoms with Crippen LogP contribution in [-0.4, -0.2) is 57.6 Å². The first kappa shape index (κ1) is 22.5. The molecule has 0 radical (unpaired) electrons. The van der Waals surface area contributed by atoms with E-state index < -0.39 is 17.7 Å². The zero-order chi connectivity index (χ0) is 23.6. The van der Waals surface area contributed by atoms with E-state index in [-0.39, 0.29) is 12.5 Å². The van der Waals surface area contributed by atoms with E-state index in [9.17, 15) is 9.59 Å². The second-order valence-electron chi connectivity index (χ2n) is 8.78. The van der Waals surface area contributed by atoms with Gasteiger partial charge in [-0.15, -0.1) is 0 Å². The quantitative estimate of drug-likeness (QED) is 0.598. The number of nitrogens with one attached hydrogen (secondary N) is 2. The number of aromatic nitrogens is 3. The molecule has 2 aromatic heterocycles. The number of anilines is 1. The minimum atomic E-state index is -0.693. The summed E-state index contributed by atoms with van der Waals surface area (Å²) in [6.07, 6.45) is 0.713. The van der Waals surface area contributed by atoms with Crippen molar-refractivity contribution in [3.05, 3.63) is 77.2 Å². The second kappa shape index (κ2) is 9.03. The van der Waals surface area contributed by atoms with Gasteiger partial charge in [-0.1, -0.05) is 24.3 Å². The molecule has 0 spiro atoms. The molecule has 33 heavy (non-hydrogen) atoms. The topological polar surface area (TPSA) is 103 Å². The Morgan fingerprint density at radius 2 is 1.91 bits per heavy atom. The molecular formula is C24H28N6O3. The number of benzene rings is 1. The van der Waals surface area contributed by atoms with Gasteiger partial charge < -0.3 is 15.0 Å². The lowest BCUT2D eigenvalue weighted by Crippen LogP contribution is -2.42. The Bertz CT molecular complexity index is 1130. The number of H-pyrrole nitrogens is 1. The van der Waals surface area contributed by atoms with Gasteiger partial charge in [-0.25, -0.2) is 4.79 Å². The van der Waals surface area contributed by atoms with Gasteiger partial charge in [0.1, 0.15) is 0 Å². The monoisotopic (exact) mass is 448 g/mol. The van der Waals surface area contributed by atoms with Crippen LogP contribution < -0.4 is 5.32 Å². The number of likely N-dealkylation sites (N-methyl/N-ethyl adjacent to an activating group) is 1. The van der Waals surface area contributed by atoms with Crippen LogP contribution in [0.3, 0.4) is 0 Å². The number of nitrogens with zero attached hydrogens (tertiary/aromatic N) is 4. The largest absolute Gasteiger partial charge is 0.438 e. The molecule has 1 aliphatic rings. The highest BCUT2D eigenvalue weighted by Gasteiger charge is 2.45. The third kappa shape index (κ3) is 4.58. The maximum atomic E-state index is 13.3. The molecule has 2 amide bonds. The third-order valence-corrected chi connectivity index (χ3v) is 5.75. The van der Waals surface area contributed by atoms with Crippen molar-refractivity contribution >= 4 is 17.8 Å². The van der Waals surface area contributed by atoms with Crippen molar-refractivity contribution in [3.8, 4) is 0 Å². The number of amides is 2. The average Bonchev–Trinajstić information content (AvgIpc) is 3.32. The smallest absolute Gasteiger partial charge is 0.411 e. The van der Waals surface area contributed by atoms with Gasteiger partial charge in [0.05, 0.1) is 23.5 Å². The van der Waals surface area contributed by atoms with Gasteiger partial charge >= 0.3 is 6.09 Å². The van der Waals surface area contributed by atoms with Crippen LogP contribution in [0.4, 0.5) is 10.6 Å². The van der Waals surface area contributed by atoms with Crippen molar-refractivity contribution in [1.82, 2.24) is 25.0 Å². The lowest BCUT2D eigenvalue weighted by atomic mass is 10.0. The molecule has 3 aromatic rings. The van der Waals surface area contributed by atoms with Crippen molar-refractivity contribution in [2.45, 2.75) is 32.0 Å². The molecule has 0 fully saturated rings. The summed E-state index contributed by atoms with van der Waals surface area (Å²) in [6, 6.07) is 14.5. The molecular weight excluding hydrogens is 420 g/mol. The predicted octanol–water partition coefficient (Wildman–Crippen LogP) is 3.55. The molecule has 9 heteroatoms. The summed E-state index contributed by atoms with van der Waals surface area (Å²) in [5.41, 5.74) is 2.06. The Kier molecular flexibility index (Phi) is 6.15. The van der Waals surface area contributed by atoms with E-state index in [2.05, 4.69) is 20.5 Å². The van der Waals surface area contributed by atoms with Crippen LogP contribution in [0.1, 0.15) is 47.3 Å². The third-order valence-electron chi connectivity index (χ3n) is 5.75. The summed E-state index contributed by atoms with van der Waals surface area (Å²) in [6.45, 7) is 4.60. The van der Waals surface area contributed by atoms with Gasteiger partial charge in [-0.2, -0.15) is 5.10 Å². The molecule has 0 aliphatic carbocycles. The number of fused-ring (bicyclic) bond motifs is 1. The predicted molar refractivity (Wildman–Crippen MR) is 124 cm³/mol. The van der Waals surface area contributed by atoms with E-state index in [4.69, 9.17) is 4.74 Å². The van der Waals surface area contributed by atoms with Gasteiger partial charge in [0.25, 0.3) is 5.91 Å². The summed E-state index contributed by atoms with van der Waals surface area (Å²) >= 11 is 0. The van der Waals surface area contributed by atoms with Crippen LogP contribution in [0, 0.1) is 0 Å². The lowest BCUT2D eigenvalue weighted by Gasteiger charge is -2.32. The standard InChI is InChI=1S/C24H28N6O3/c1-24(2)20-17(21(28-27-20)26-22(31)16-10-6-5-7-11-16)14-30(24)23(32)33-19(15-29(3)4)18-12-8-9-13-25-18/h5-13,19H,14-15H2,1-4H3,(H2,26,27,28,31). The normalized spacial score (nSPS) is 15.2. The Hall–Kier alpha value is -3.72. The fourth-order valence-electron chi connectivity index (χ4n) is 3.96. The van der Waals surface area contributed by atoms with Gasteiger partial charge in [0.15, 0.2) is 11.9 Å². The first-order valence-electron chi connectivity index (χ1n) is 10.8. The summed E-state index contributed by atoms with van der Waals surface area (Å²) in [5.74, 6) is 0.154. The molecule has 1 atom stereocenters. The highest BCUT2D eigenvalue weighted by molar-refractivity contribution is 6.04. The highest BCUT2D eigenvalue weighted by atomic mass is 16.6. The number of ether oxygens (including phenoxy) is 1. The van der Waals surface area contributed by atoms with Crippen LogP contribution in [0.25, 0.3) is 0 Å². The second-order valence-corrected chi connectivity index (χ2v) is 8.78. The molecule has 172 valence electrons. The molecule has 0 bridgehead atoms. The van der Waals surface area contributed by atoms with Crippen molar-refractivity contribution < 1.29 is 14.3 Å². The summed E-state index contributed by atoms with van der Waals surface area (Å²) in [4.78, 5) is 33.9. The number of hydrogen-bond acceptors (Lipinski definition) is 6. The van der Waals surface area contributed by atoms with Gasteiger partial charge in [-0.3, -0.25) is 19.8 Å². The Labute approximate surface area is 192 Å². The fourth-order valence-corrected chi connectivity index (χ4v) is 3.96. The molecule has 0 saturated carbocycles. The van der Waals surface area contributed by atoms with Gasteiger partial charge in [-0.05, 0) is 52.2 Å². The van der Waals surface area contributed by atoms with Crippen molar-refractivity contribution in [2.75, 3.05) is 26.0 Å². The zero-order valence-corrected chi connectivity index (χ0v) is 19.2. The van der Waals surface area contributed by atoms with E-state index >= 15 is 0 Å². The number of carbonyl (C=O) groups is 2. The number of rotatable bonds is 6. The van der Waals surface area contributed by atoms with Crippen molar-refractivity contribution in [3.63, 3.8) is 0 Å². The first-order valence-corrected chi connectivity index (χ1v) is 10.8. The molecule has 0 saturated heterocycles. The van der Waals surface area contributed by atoms with E-state index in [1.54, 1.807) is 35.4 Å². The highest BCUT2D eigenvalue weighted by Crippen LogP contribution is 2.41. The van der Waals surface area contributed by atoms with Gasteiger partial charge in [0, 0.05) is 23.9 Å². The lowest BCUT2D eigenvalue weighted by molar-refractivity contribution is 0.0244. The van der Waals surface area contributed by atoms with Crippen molar-refractivity contribution in [2.24, 2.45) is 0 Å².